The van der Waals surface area contributed by atoms with Crippen molar-refractivity contribution in [1.82, 2.24) is 10.4 Å². The number of methoxy groups -OCH3 is 2. The maximum atomic E-state index is 11.1. The minimum Gasteiger partial charge on any atom is -0.497 e. The highest BCUT2D eigenvalue weighted by Gasteiger charge is 2.07. The topological polar surface area (TPSA) is 71.0 Å². The van der Waals surface area contributed by atoms with Crippen molar-refractivity contribution in [2.75, 3.05) is 27.8 Å². The second kappa shape index (κ2) is 6.70. The number of rotatable bonds is 5. The summed E-state index contributed by atoms with van der Waals surface area (Å²) in [4.78, 5) is 11.1. The second-order valence-corrected chi connectivity index (χ2v) is 3.68. The molecule has 0 aliphatic rings. The number of hydrogen-bond acceptors (Lipinski definition) is 4. The van der Waals surface area contributed by atoms with E-state index in [-0.39, 0.29) is 0 Å². The van der Waals surface area contributed by atoms with E-state index < -0.39 is 6.03 Å². The first-order valence-electron chi connectivity index (χ1n) is 5.49. The molecule has 0 aliphatic heterocycles. The highest BCUT2D eigenvalue weighted by Crippen LogP contribution is 2.23. The summed E-state index contributed by atoms with van der Waals surface area (Å²) in [5, 5.41) is 11.9. The molecule has 0 aliphatic carbocycles. The van der Waals surface area contributed by atoms with Gasteiger partial charge < -0.3 is 14.8 Å². The van der Waals surface area contributed by atoms with Crippen LogP contribution in [-0.2, 0) is 6.42 Å². The Bertz CT molecular complexity index is 407. The Kier molecular flexibility index (Phi) is 5.26. The summed E-state index contributed by atoms with van der Waals surface area (Å²) in [7, 11) is 4.45. The molecule has 0 spiro atoms. The molecule has 0 saturated carbocycles. The fourth-order valence-corrected chi connectivity index (χ4v) is 1.50. The van der Waals surface area contributed by atoms with Crippen LogP contribution in [0.4, 0.5) is 4.79 Å². The van der Waals surface area contributed by atoms with Gasteiger partial charge >= 0.3 is 6.03 Å². The number of nitrogens with one attached hydrogen (secondary N) is 1. The molecule has 2 amide bonds. The van der Waals surface area contributed by atoms with Crippen LogP contribution in [0.2, 0.25) is 0 Å². The molecule has 0 unspecified atom stereocenters. The number of carbonyl (C=O) groups is 1. The quantitative estimate of drug-likeness (QED) is 0.613. The molecule has 18 heavy (non-hydrogen) atoms. The van der Waals surface area contributed by atoms with Gasteiger partial charge in [0.05, 0.1) is 14.2 Å². The van der Waals surface area contributed by atoms with Crippen LogP contribution in [0.25, 0.3) is 0 Å². The molecule has 100 valence electrons. The first kappa shape index (κ1) is 14.1. The molecular weight excluding hydrogens is 236 g/mol. The van der Waals surface area contributed by atoms with Crippen molar-refractivity contribution >= 4 is 6.03 Å². The highest BCUT2D eigenvalue weighted by atomic mass is 16.5. The molecule has 0 fully saturated rings. The summed E-state index contributed by atoms with van der Waals surface area (Å²) < 4.78 is 10.4. The monoisotopic (exact) mass is 254 g/mol. The molecule has 0 heterocycles. The van der Waals surface area contributed by atoms with Gasteiger partial charge in [-0.15, -0.1) is 0 Å². The van der Waals surface area contributed by atoms with Crippen LogP contribution in [-0.4, -0.2) is 44.1 Å². The van der Waals surface area contributed by atoms with E-state index in [9.17, 15) is 4.79 Å². The Balaban J connectivity index is 2.62. The summed E-state index contributed by atoms with van der Waals surface area (Å²) in [6, 6.07) is 4.93. The molecule has 0 radical (unpaired) electrons. The zero-order valence-corrected chi connectivity index (χ0v) is 10.8. The Morgan fingerprint density at radius 2 is 2.11 bits per heavy atom. The molecule has 0 bridgehead atoms. The number of ether oxygens (including phenoxy) is 2. The van der Waals surface area contributed by atoms with Gasteiger partial charge in [-0.05, 0) is 30.2 Å². The van der Waals surface area contributed by atoms with Crippen LogP contribution in [0.5, 0.6) is 11.5 Å². The van der Waals surface area contributed by atoms with Crippen molar-refractivity contribution in [2.24, 2.45) is 0 Å². The number of hydroxylamine groups is 2. The Morgan fingerprint density at radius 1 is 1.39 bits per heavy atom. The molecule has 1 rings (SSSR count). The Morgan fingerprint density at radius 3 is 2.67 bits per heavy atom. The van der Waals surface area contributed by atoms with Crippen LogP contribution in [0.3, 0.4) is 0 Å². The van der Waals surface area contributed by atoms with E-state index in [0.29, 0.717) is 18.0 Å². The van der Waals surface area contributed by atoms with Crippen molar-refractivity contribution in [2.45, 2.75) is 6.42 Å². The van der Waals surface area contributed by atoms with Crippen molar-refractivity contribution in [3.8, 4) is 11.5 Å². The lowest BCUT2D eigenvalue weighted by Crippen LogP contribution is -2.36. The summed E-state index contributed by atoms with van der Waals surface area (Å²) >= 11 is 0. The third kappa shape index (κ3) is 3.81. The SMILES string of the molecule is COc1ccc(OC)c(CCNC(=O)N(C)O)c1. The first-order valence-corrected chi connectivity index (χ1v) is 5.49. The van der Waals surface area contributed by atoms with Gasteiger partial charge in [0.25, 0.3) is 0 Å². The van der Waals surface area contributed by atoms with Gasteiger partial charge in [0.2, 0.25) is 0 Å². The van der Waals surface area contributed by atoms with Crippen LogP contribution >= 0.6 is 0 Å². The van der Waals surface area contributed by atoms with Crippen molar-refractivity contribution < 1.29 is 19.5 Å². The van der Waals surface area contributed by atoms with Gasteiger partial charge in [-0.25, -0.2) is 9.86 Å². The molecular formula is C12H18N2O4. The number of hydrogen-bond donors (Lipinski definition) is 2. The Hall–Kier alpha value is -1.95. The van der Waals surface area contributed by atoms with Crippen molar-refractivity contribution in [1.29, 1.82) is 0 Å². The number of carbonyl (C=O) groups excluding carboxylic acids is 1. The van der Waals surface area contributed by atoms with Gasteiger partial charge in [-0.1, -0.05) is 0 Å². The predicted molar refractivity (Wildman–Crippen MR) is 66.2 cm³/mol. The lowest BCUT2D eigenvalue weighted by molar-refractivity contribution is -0.0181. The predicted octanol–water partition coefficient (Wildman–Crippen LogP) is 1.28. The van der Waals surface area contributed by atoms with E-state index in [1.54, 1.807) is 14.2 Å². The summed E-state index contributed by atoms with van der Waals surface area (Å²) in [6.45, 7) is 0.396. The van der Waals surface area contributed by atoms with E-state index in [1.807, 2.05) is 18.2 Å². The number of urea groups is 1. The fourth-order valence-electron chi connectivity index (χ4n) is 1.50. The van der Waals surface area contributed by atoms with Crippen LogP contribution in [0.15, 0.2) is 18.2 Å². The molecule has 0 atom stereocenters. The van der Waals surface area contributed by atoms with Crippen molar-refractivity contribution in [3.63, 3.8) is 0 Å². The fraction of sp³-hybridized carbons (Fsp3) is 0.417. The summed E-state index contributed by atoms with van der Waals surface area (Å²) in [5.41, 5.74) is 0.928. The largest absolute Gasteiger partial charge is 0.497 e. The first-order chi connectivity index (χ1) is 8.58. The summed E-state index contributed by atoms with van der Waals surface area (Å²) in [5.74, 6) is 1.47. The number of benzene rings is 1. The van der Waals surface area contributed by atoms with E-state index in [4.69, 9.17) is 14.7 Å². The third-order valence-corrected chi connectivity index (χ3v) is 2.45. The van der Waals surface area contributed by atoms with Crippen LogP contribution in [0, 0.1) is 0 Å². The van der Waals surface area contributed by atoms with E-state index in [0.717, 1.165) is 17.1 Å². The van der Waals surface area contributed by atoms with Gasteiger partial charge in [0.1, 0.15) is 11.5 Å². The molecule has 2 N–H and O–H groups in total. The van der Waals surface area contributed by atoms with Gasteiger partial charge in [0.15, 0.2) is 0 Å². The molecule has 6 heteroatoms. The lowest BCUT2D eigenvalue weighted by atomic mass is 10.1. The van der Waals surface area contributed by atoms with E-state index in [2.05, 4.69) is 5.32 Å². The maximum Gasteiger partial charge on any atom is 0.340 e. The van der Waals surface area contributed by atoms with Crippen LogP contribution < -0.4 is 14.8 Å². The Labute approximate surface area is 106 Å². The van der Waals surface area contributed by atoms with E-state index in [1.165, 1.54) is 7.05 Å². The standard InChI is InChI=1S/C12H18N2O4/c1-14(16)12(15)13-7-6-9-8-10(17-2)4-5-11(9)18-3/h4-5,8,16H,6-7H2,1-3H3,(H,13,15). The number of amides is 2. The minimum atomic E-state index is -0.545. The zero-order chi connectivity index (χ0) is 13.5. The molecule has 1 aromatic rings. The van der Waals surface area contributed by atoms with Gasteiger partial charge in [0, 0.05) is 13.6 Å². The normalized spacial score (nSPS) is 9.78. The lowest BCUT2D eigenvalue weighted by Gasteiger charge is -2.12. The minimum absolute atomic E-state index is 0.396. The van der Waals surface area contributed by atoms with E-state index >= 15 is 0 Å². The van der Waals surface area contributed by atoms with Crippen molar-refractivity contribution in [3.05, 3.63) is 23.8 Å². The van der Waals surface area contributed by atoms with Gasteiger partial charge in [-0.3, -0.25) is 5.21 Å². The third-order valence-electron chi connectivity index (χ3n) is 2.45. The average molecular weight is 254 g/mol. The summed E-state index contributed by atoms with van der Waals surface area (Å²) in [6.07, 6.45) is 0.583. The van der Waals surface area contributed by atoms with Crippen LogP contribution in [0.1, 0.15) is 5.56 Å². The second-order valence-electron chi connectivity index (χ2n) is 3.68. The highest BCUT2D eigenvalue weighted by molar-refractivity contribution is 5.72. The zero-order valence-electron chi connectivity index (χ0n) is 10.8. The van der Waals surface area contributed by atoms with Gasteiger partial charge in [-0.2, -0.15) is 0 Å². The maximum absolute atomic E-state index is 11.1. The molecule has 1 aromatic carbocycles. The molecule has 6 nitrogen and oxygen atoms in total. The average Bonchev–Trinajstić information content (AvgIpc) is 2.38. The molecule has 0 aromatic heterocycles. The smallest absolute Gasteiger partial charge is 0.340 e. The number of nitrogens with zero attached hydrogens (tertiary/aromatic N) is 1. The molecule has 0 saturated heterocycles.